The fraction of sp³-hybridized carbons (Fsp3) is 0.836. The zero-order chi connectivity index (χ0) is 56.2. The van der Waals surface area contributed by atoms with E-state index in [-0.39, 0.29) is 25.2 Å². The normalized spacial score (nSPS) is 12.5. The zero-order valence-electron chi connectivity index (χ0n) is 52.4. The van der Waals surface area contributed by atoms with Crippen molar-refractivity contribution in [3.05, 3.63) is 60.8 Å². The van der Waals surface area contributed by atoms with E-state index in [0.29, 0.717) is 12.8 Å². The molecule has 0 aliphatic rings. The van der Waals surface area contributed by atoms with Crippen molar-refractivity contribution in [3.8, 4) is 0 Å². The van der Waals surface area contributed by atoms with Gasteiger partial charge in [-0.2, -0.15) is 0 Å². The van der Waals surface area contributed by atoms with E-state index in [1.807, 2.05) is 0 Å². The van der Waals surface area contributed by atoms with Crippen molar-refractivity contribution >= 4 is 11.9 Å². The molecule has 0 rings (SSSR count). The lowest BCUT2D eigenvalue weighted by Crippen LogP contribution is -2.28. The van der Waals surface area contributed by atoms with Crippen LogP contribution in [0.15, 0.2) is 60.8 Å². The molecule has 5 heteroatoms. The predicted octanol–water partition coefficient (Wildman–Crippen LogP) is 24.1. The molecule has 1 N–H and O–H groups in total. The van der Waals surface area contributed by atoms with Gasteiger partial charge in [0.2, 0.25) is 0 Å². The van der Waals surface area contributed by atoms with Crippen LogP contribution in [0.5, 0.6) is 0 Å². The lowest BCUT2D eigenvalue weighted by molar-refractivity contribution is -0.161. The Kier molecular flexibility index (Phi) is 66.8. The van der Waals surface area contributed by atoms with Crippen molar-refractivity contribution in [1.29, 1.82) is 0 Å². The number of hydrogen-bond donors (Lipinski definition) is 1. The van der Waals surface area contributed by atoms with E-state index in [1.54, 1.807) is 0 Å². The molecular weight excluding hydrogens is 957 g/mol. The van der Waals surface area contributed by atoms with Crippen LogP contribution < -0.4 is 0 Å². The molecule has 0 aliphatic carbocycles. The smallest absolute Gasteiger partial charge is 0.306 e. The topological polar surface area (TPSA) is 72.8 Å². The molecule has 0 saturated heterocycles. The minimum atomic E-state index is -0.771. The Bertz CT molecular complexity index is 1330. The van der Waals surface area contributed by atoms with Crippen LogP contribution in [0.4, 0.5) is 0 Å². The quantitative estimate of drug-likeness (QED) is 0.0373. The van der Waals surface area contributed by atoms with Crippen molar-refractivity contribution in [1.82, 2.24) is 0 Å². The van der Waals surface area contributed by atoms with Gasteiger partial charge in [-0.1, -0.05) is 344 Å². The molecule has 0 amide bonds. The Balaban J connectivity index is 3.37. The summed E-state index contributed by atoms with van der Waals surface area (Å²) in [7, 11) is 0. The van der Waals surface area contributed by atoms with E-state index in [4.69, 9.17) is 9.47 Å². The third-order valence-electron chi connectivity index (χ3n) is 15.8. The van der Waals surface area contributed by atoms with Gasteiger partial charge < -0.3 is 14.6 Å². The molecule has 1 atom stereocenters. The molecule has 0 aromatic rings. The van der Waals surface area contributed by atoms with Crippen LogP contribution in [0.3, 0.4) is 0 Å². The van der Waals surface area contributed by atoms with E-state index < -0.39 is 6.10 Å². The molecule has 0 aromatic heterocycles. The number of esters is 2. The fourth-order valence-electron chi connectivity index (χ4n) is 10.6. The highest BCUT2D eigenvalue weighted by atomic mass is 16.6. The van der Waals surface area contributed by atoms with Gasteiger partial charge in [-0.25, -0.2) is 0 Å². The van der Waals surface area contributed by atoms with Gasteiger partial charge in [-0.05, 0) is 77.0 Å². The third-order valence-corrected chi connectivity index (χ3v) is 15.8. The maximum Gasteiger partial charge on any atom is 0.306 e. The molecule has 78 heavy (non-hydrogen) atoms. The second-order valence-electron chi connectivity index (χ2n) is 23.6. The molecule has 0 heterocycles. The second kappa shape index (κ2) is 68.9. The number of allylic oxidation sites excluding steroid dienone is 10. The number of aliphatic hydroxyl groups excluding tert-OH is 1. The summed E-state index contributed by atoms with van der Waals surface area (Å²) >= 11 is 0. The van der Waals surface area contributed by atoms with Gasteiger partial charge >= 0.3 is 11.9 Å². The first kappa shape index (κ1) is 75.6. The van der Waals surface area contributed by atoms with Gasteiger partial charge in [0.1, 0.15) is 6.61 Å². The average molecular weight is 1090 g/mol. The molecule has 5 nitrogen and oxygen atoms in total. The Hall–Kier alpha value is -2.40. The Morgan fingerprint density at radius 2 is 0.551 bits per heavy atom. The zero-order valence-corrected chi connectivity index (χ0v) is 52.4. The number of unbranched alkanes of at least 4 members (excludes halogenated alkanes) is 47. The van der Waals surface area contributed by atoms with Gasteiger partial charge in [-0.15, -0.1) is 0 Å². The molecule has 0 aromatic carbocycles. The third kappa shape index (κ3) is 66.1. The summed E-state index contributed by atoms with van der Waals surface area (Å²) in [6.07, 6.45) is 94.1. The monoisotopic (exact) mass is 1090 g/mol. The summed E-state index contributed by atoms with van der Waals surface area (Å²) in [5.74, 6) is -0.570. The lowest BCUT2D eigenvalue weighted by atomic mass is 10.0. The average Bonchev–Trinajstić information content (AvgIpc) is 3.44. The second-order valence-corrected chi connectivity index (χ2v) is 23.6. The van der Waals surface area contributed by atoms with E-state index in [0.717, 1.165) is 64.2 Å². The maximum atomic E-state index is 12.4. The van der Waals surface area contributed by atoms with Crippen molar-refractivity contribution in [2.24, 2.45) is 0 Å². The standard InChI is InChI=1S/C73H134O5/c1-3-5-7-9-11-13-15-17-19-21-23-25-27-28-29-30-31-32-33-34-35-36-37-38-39-40-41-42-43-44-46-48-50-52-54-56-58-60-62-64-66-68-73(76)78-71(69-74)70-77-72(75)67-65-63-61-59-57-55-53-51-49-47-45-26-24-22-20-18-16-14-12-10-8-6-4-2/h5,7,11,13,17,19,22-25,71,74H,3-4,6,8-10,12,14-16,18,20-21,26-70H2,1-2H3/b7-5-,13-11-,19-17-,24-22-,25-23-. The number of ether oxygens (including phenoxy) is 2. The van der Waals surface area contributed by atoms with E-state index in [9.17, 15) is 14.7 Å². The van der Waals surface area contributed by atoms with Crippen molar-refractivity contribution < 1.29 is 24.2 Å². The minimum absolute atomic E-state index is 0.0612. The molecule has 0 saturated carbocycles. The number of carbonyl (C=O) groups excluding carboxylic acids is 2. The fourth-order valence-corrected chi connectivity index (χ4v) is 10.6. The van der Waals surface area contributed by atoms with Gasteiger partial charge in [0.05, 0.1) is 6.61 Å². The molecule has 0 radical (unpaired) electrons. The van der Waals surface area contributed by atoms with Gasteiger partial charge in [0.15, 0.2) is 6.10 Å². The lowest BCUT2D eigenvalue weighted by Gasteiger charge is -2.15. The number of aliphatic hydroxyl groups is 1. The highest BCUT2D eigenvalue weighted by Crippen LogP contribution is 2.19. The van der Waals surface area contributed by atoms with Crippen LogP contribution in [-0.2, 0) is 19.1 Å². The summed E-state index contributed by atoms with van der Waals surface area (Å²) in [4.78, 5) is 24.6. The summed E-state index contributed by atoms with van der Waals surface area (Å²) in [6, 6.07) is 0. The highest BCUT2D eigenvalue weighted by molar-refractivity contribution is 5.70. The highest BCUT2D eigenvalue weighted by Gasteiger charge is 2.16. The number of hydrogen-bond acceptors (Lipinski definition) is 5. The van der Waals surface area contributed by atoms with E-state index >= 15 is 0 Å². The molecule has 1 unspecified atom stereocenters. The minimum Gasteiger partial charge on any atom is -0.462 e. The van der Waals surface area contributed by atoms with Gasteiger partial charge in [0.25, 0.3) is 0 Å². The first-order valence-corrected chi connectivity index (χ1v) is 34.8. The predicted molar refractivity (Wildman–Crippen MR) is 344 cm³/mol. The van der Waals surface area contributed by atoms with Gasteiger partial charge in [-0.3, -0.25) is 9.59 Å². The molecule has 0 spiro atoms. The number of rotatable bonds is 65. The molecule has 0 bridgehead atoms. The summed E-state index contributed by atoms with van der Waals surface area (Å²) in [6.45, 7) is 4.08. The van der Waals surface area contributed by atoms with Crippen LogP contribution in [-0.4, -0.2) is 36.4 Å². The van der Waals surface area contributed by atoms with Crippen LogP contribution in [0.2, 0.25) is 0 Å². The molecule has 0 fully saturated rings. The van der Waals surface area contributed by atoms with Crippen LogP contribution in [0.25, 0.3) is 0 Å². The SMILES string of the molecule is CC/C=C\C/C=C\C/C=C\C/C=C\CCCCCCCCCCCCCCCCCCCCCCCCCCCCCCC(=O)OC(CO)COC(=O)CCCCCCCCCCCCC/C=C\CCCCCCCCCC. The van der Waals surface area contributed by atoms with Gasteiger partial charge in [0, 0.05) is 12.8 Å². The molecule has 0 aliphatic heterocycles. The van der Waals surface area contributed by atoms with E-state index in [1.165, 1.54) is 283 Å². The number of carbonyl (C=O) groups is 2. The van der Waals surface area contributed by atoms with Crippen LogP contribution >= 0.6 is 0 Å². The van der Waals surface area contributed by atoms with Crippen molar-refractivity contribution in [2.45, 2.75) is 380 Å². The van der Waals surface area contributed by atoms with Crippen molar-refractivity contribution in [2.75, 3.05) is 13.2 Å². The van der Waals surface area contributed by atoms with Crippen LogP contribution in [0.1, 0.15) is 373 Å². The Labute approximate surface area is 487 Å². The van der Waals surface area contributed by atoms with E-state index in [2.05, 4.69) is 74.6 Å². The Morgan fingerprint density at radius 1 is 0.308 bits per heavy atom. The van der Waals surface area contributed by atoms with Crippen molar-refractivity contribution in [3.63, 3.8) is 0 Å². The first-order valence-electron chi connectivity index (χ1n) is 34.8. The Morgan fingerprint density at radius 3 is 0.846 bits per heavy atom. The summed E-state index contributed by atoms with van der Waals surface area (Å²) < 4.78 is 10.8. The first-order chi connectivity index (χ1) is 38.6. The maximum absolute atomic E-state index is 12.4. The summed E-state index contributed by atoms with van der Waals surface area (Å²) in [5, 5.41) is 9.69. The van der Waals surface area contributed by atoms with Crippen LogP contribution in [0, 0.1) is 0 Å². The molecule has 456 valence electrons. The molecular formula is C73H134O5. The summed E-state index contributed by atoms with van der Waals surface area (Å²) in [5.41, 5.74) is 0. The largest absolute Gasteiger partial charge is 0.462 e.